The highest BCUT2D eigenvalue weighted by molar-refractivity contribution is 7.92. The molecule has 2 aromatic heterocycles. The summed E-state index contributed by atoms with van der Waals surface area (Å²) in [5.74, 6) is 0.0296. The Labute approximate surface area is 222 Å². The van der Waals surface area contributed by atoms with Crippen molar-refractivity contribution in [3.8, 4) is 22.6 Å². The van der Waals surface area contributed by atoms with Crippen molar-refractivity contribution in [3.63, 3.8) is 0 Å². The van der Waals surface area contributed by atoms with Gasteiger partial charge in [-0.25, -0.2) is 32.6 Å². The zero-order valence-electron chi connectivity index (χ0n) is 22.3. The van der Waals surface area contributed by atoms with Gasteiger partial charge in [0.15, 0.2) is 5.82 Å². The molecule has 0 fully saturated rings. The third-order valence-corrected chi connectivity index (χ3v) is 6.91. The van der Waals surface area contributed by atoms with E-state index in [-0.39, 0.29) is 28.7 Å². The fraction of sp³-hybridized carbons (Fsp3) is 0.440. The van der Waals surface area contributed by atoms with Crippen LogP contribution in [0.25, 0.3) is 22.6 Å². The minimum absolute atomic E-state index is 0.118. The number of methoxy groups -OCH3 is 1. The first-order valence-electron chi connectivity index (χ1n) is 12.2. The van der Waals surface area contributed by atoms with Crippen molar-refractivity contribution in [1.29, 1.82) is 0 Å². The standard InChI is InChI=1S/C25H34FN7O4S/c1-7-13-38(35,36)33-17-10-8-9-16(19(17)26)20-21(32-22(31-20)25(3,4)5)18-11-12-27-23(30-18)28-14-15(2)29-24(34)37-6/h8-12,15,33H,7,13-14H2,1-6H3,(H,29,34)(H,31,32)(H,27,28,30)/t15-/m0/s1. The van der Waals surface area contributed by atoms with Gasteiger partial charge in [-0.2, -0.15) is 0 Å². The molecular formula is C25H34FN7O4S. The van der Waals surface area contributed by atoms with E-state index in [2.05, 4.69) is 35.0 Å². The van der Waals surface area contributed by atoms with Crippen molar-refractivity contribution < 1.29 is 22.3 Å². The number of carbonyl (C=O) groups is 1. The van der Waals surface area contributed by atoms with Gasteiger partial charge in [-0.1, -0.05) is 33.8 Å². The van der Waals surface area contributed by atoms with E-state index >= 15 is 4.39 Å². The molecule has 0 aliphatic heterocycles. The highest BCUT2D eigenvalue weighted by Crippen LogP contribution is 2.36. The van der Waals surface area contributed by atoms with Crippen molar-refractivity contribution in [2.45, 2.75) is 52.5 Å². The van der Waals surface area contributed by atoms with Crippen LogP contribution in [-0.2, 0) is 20.2 Å². The molecule has 206 valence electrons. The van der Waals surface area contributed by atoms with Gasteiger partial charge in [-0.3, -0.25) is 4.72 Å². The molecule has 38 heavy (non-hydrogen) atoms. The molecule has 4 N–H and O–H groups in total. The van der Waals surface area contributed by atoms with Gasteiger partial charge in [0.1, 0.15) is 11.5 Å². The molecule has 3 aromatic rings. The first-order chi connectivity index (χ1) is 17.8. The Balaban J connectivity index is 2.02. The summed E-state index contributed by atoms with van der Waals surface area (Å²) in [6.07, 6.45) is 1.40. The molecule has 11 nitrogen and oxygen atoms in total. The van der Waals surface area contributed by atoms with Crippen LogP contribution in [0, 0.1) is 5.82 Å². The van der Waals surface area contributed by atoms with Crippen molar-refractivity contribution in [3.05, 3.63) is 42.1 Å². The minimum atomic E-state index is -3.70. The zero-order chi connectivity index (χ0) is 28.1. The van der Waals surface area contributed by atoms with Crippen LogP contribution in [-0.4, -0.2) is 59.9 Å². The lowest BCUT2D eigenvalue weighted by molar-refractivity contribution is 0.168. The van der Waals surface area contributed by atoms with Gasteiger partial charge in [-0.15, -0.1) is 0 Å². The smallest absolute Gasteiger partial charge is 0.407 e. The van der Waals surface area contributed by atoms with Gasteiger partial charge in [0, 0.05) is 29.8 Å². The van der Waals surface area contributed by atoms with Crippen LogP contribution in [0.1, 0.15) is 46.9 Å². The van der Waals surface area contributed by atoms with Crippen molar-refractivity contribution in [1.82, 2.24) is 25.3 Å². The lowest BCUT2D eigenvalue weighted by atomic mass is 9.96. The molecular weight excluding hydrogens is 513 g/mol. The lowest BCUT2D eigenvalue weighted by Gasteiger charge is -2.14. The molecule has 0 saturated heterocycles. The normalized spacial score (nSPS) is 12.6. The Morgan fingerprint density at radius 3 is 2.61 bits per heavy atom. The maximum atomic E-state index is 15.7. The zero-order valence-corrected chi connectivity index (χ0v) is 23.2. The largest absolute Gasteiger partial charge is 0.453 e. The first kappa shape index (κ1) is 28.8. The summed E-state index contributed by atoms with van der Waals surface area (Å²) in [6, 6.07) is 5.88. The first-order valence-corrected chi connectivity index (χ1v) is 13.8. The topological polar surface area (TPSA) is 151 Å². The van der Waals surface area contributed by atoms with Crippen LogP contribution in [0.15, 0.2) is 30.5 Å². The highest BCUT2D eigenvalue weighted by atomic mass is 32.2. The summed E-state index contributed by atoms with van der Waals surface area (Å²) >= 11 is 0. The number of ether oxygens (including phenoxy) is 1. The molecule has 0 unspecified atom stereocenters. The number of hydrogen-bond acceptors (Lipinski definition) is 8. The Bertz CT molecular complexity index is 1390. The number of alkyl carbamates (subject to hydrolysis) is 1. The summed E-state index contributed by atoms with van der Waals surface area (Å²) in [5.41, 5.74) is 0.757. The number of imidazole rings is 1. The number of aromatic nitrogens is 4. The van der Waals surface area contributed by atoms with Gasteiger partial charge < -0.3 is 20.4 Å². The number of carbonyl (C=O) groups excluding carboxylic acids is 1. The minimum Gasteiger partial charge on any atom is -0.453 e. The third kappa shape index (κ3) is 7.18. The number of halogens is 1. The SMILES string of the molecule is CCCS(=O)(=O)Nc1cccc(-c2nc(C(C)(C)C)[nH]c2-c2ccnc(NC[C@H](C)NC(=O)OC)n2)c1F. The van der Waals surface area contributed by atoms with Crippen LogP contribution < -0.4 is 15.4 Å². The van der Waals surface area contributed by atoms with E-state index in [1.807, 2.05) is 20.8 Å². The molecule has 0 bridgehead atoms. The number of sulfonamides is 1. The number of hydrogen-bond donors (Lipinski definition) is 4. The molecule has 1 aromatic carbocycles. The second kappa shape index (κ2) is 11.8. The molecule has 0 aliphatic rings. The van der Waals surface area contributed by atoms with E-state index in [9.17, 15) is 13.2 Å². The van der Waals surface area contributed by atoms with Gasteiger partial charge in [0.25, 0.3) is 0 Å². The number of anilines is 2. The highest BCUT2D eigenvalue weighted by Gasteiger charge is 2.26. The Morgan fingerprint density at radius 2 is 1.95 bits per heavy atom. The van der Waals surface area contributed by atoms with Crippen molar-refractivity contribution >= 4 is 27.8 Å². The van der Waals surface area contributed by atoms with Crippen LogP contribution in [0.2, 0.25) is 0 Å². The fourth-order valence-electron chi connectivity index (χ4n) is 3.53. The van der Waals surface area contributed by atoms with E-state index in [1.165, 1.54) is 13.2 Å². The van der Waals surface area contributed by atoms with Crippen LogP contribution in [0.5, 0.6) is 0 Å². The van der Waals surface area contributed by atoms with Crippen LogP contribution in [0.3, 0.4) is 0 Å². The van der Waals surface area contributed by atoms with E-state index in [4.69, 9.17) is 4.98 Å². The second-order valence-electron chi connectivity index (χ2n) is 9.83. The third-order valence-electron chi connectivity index (χ3n) is 5.43. The summed E-state index contributed by atoms with van der Waals surface area (Å²) < 4.78 is 47.2. The molecule has 0 radical (unpaired) electrons. The Kier molecular flexibility index (Phi) is 8.92. The number of benzene rings is 1. The molecule has 13 heteroatoms. The molecule has 3 rings (SSSR count). The van der Waals surface area contributed by atoms with Gasteiger partial charge in [-0.05, 0) is 31.5 Å². The number of rotatable bonds is 10. The molecule has 2 heterocycles. The van der Waals surface area contributed by atoms with Gasteiger partial charge >= 0.3 is 6.09 Å². The molecule has 0 spiro atoms. The molecule has 1 atom stereocenters. The van der Waals surface area contributed by atoms with Gasteiger partial charge in [0.05, 0.1) is 29.9 Å². The van der Waals surface area contributed by atoms with E-state index in [0.717, 1.165) is 0 Å². The average molecular weight is 548 g/mol. The maximum Gasteiger partial charge on any atom is 0.407 e. The average Bonchev–Trinajstić information content (AvgIpc) is 3.30. The van der Waals surface area contributed by atoms with Crippen molar-refractivity contribution in [2.75, 3.05) is 29.4 Å². The summed E-state index contributed by atoms with van der Waals surface area (Å²) in [7, 11) is -2.41. The van der Waals surface area contributed by atoms with E-state index in [1.54, 1.807) is 38.2 Å². The second-order valence-corrected chi connectivity index (χ2v) is 11.7. The lowest BCUT2D eigenvalue weighted by Crippen LogP contribution is -2.37. The number of nitrogens with zero attached hydrogens (tertiary/aromatic N) is 3. The van der Waals surface area contributed by atoms with Crippen LogP contribution in [0.4, 0.5) is 20.8 Å². The number of aromatic amines is 1. The Morgan fingerprint density at radius 1 is 1.21 bits per heavy atom. The van der Waals surface area contributed by atoms with Gasteiger partial charge in [0.2, 0.25) is 16.0 Å². The Hall–Kier alpha value is -3.74. The number of H-pyrrole nitrogens is 1. The monoisotopic (exact) mass is 547 g/mol. The fourth-order valence-corrected chi connectivity index (χ4v) is 4.66. The summed E-state index contributed by atoms with van der Waals surface area (Å²) in [6.45, 7) is 9.75. The van der Waals surface area contributed by atoms with Crippen molar-refractivity contribution in [2.24, 2.45) is 0 Å². The van der Waals surface area contributed by atoms with E-state index in [0.29, 0.717) is 36.1 Å². The quantitative estimate of drug-likeness (QED) is 0.294. The molecule has 0 saturated carbocycles. The maximum absolute atomic E-state index is 15.7. The van der Waals surface area contributed by atoms with Crippen LogP contribution >= 0.6 is 0 Å². The predicted octanol–water partition coefficient (Wildman–Crippen LogP) is 4.28. The molecule has 0 aliphatic carbocycles. The summed E-state index contributed by atoms with van der Waals surface area (Å²) in [5, 5.41) is 5.71. The number of amides is 1. The number of nitrogens with one attached hydrogen (secondary N) is 4. The van der Waals surface area contributed by atoms with E-state index < -0.39 is 27.3 Å². The predicted molar refractivity (Wildman–Crippen MR) is 145 cm³/mol. The summed E-state index contributed by atoms with van der Waals surface area (Å²) in [4.78, 5) is 28.2. The molecule has 1 amide bonds.